The number of hydrogen-bond donors (Lipinski definition) is 1. The van der Waals surface area contributed by atoms with E-state index in [4.69, 9.17) is 0 Å². The molecule has 4 heteroatoms. The number of halogens is 1. The molecule has 0 saturated heterocycles. The van der Waals surface area contributed by atoms with Crippen molar-refractivity contribution in [1.82, 2.24) is 4.57 Å². The summed E-state index contributed by atoms with van der Waals surface area (Å²) in [6.45, 7) is 4.98. The van der Waals surface area contributed by atoms with Gasteiger partial charge < -0.3 is 17.5 Å². The highest BCUT2D eigenvalue weighted by Gasteiger charge is 2.19. The Morgan fingerprint density at radius 2 is 1.52 bits per heavy atom. The SMILES string of the molecule is CCCCCCCCCCCc1n(C(C)O)cc[n+]1Cc1ccccc1.[Cl-]. The molecule has 0 bridgehead atoms. The molecular formula is C23H37ClN2O. The summed E-state index contributed by atoms with van der Waals surface area (Å²) >= 11 is 0. The molecule has 0 saturated carbocycles. The van der Waals surface area contributed by atoms with Gasteiger partial charge in [0.1, 0.15) is 18.9 Å². The first-order valence-electron chi connectivity index (χ1n) is 10.5. The maximum absolute atomic E-state index is 10.1. The Bertz CT molecular complexity index is 610. The van der Waals surface area contributed by atoms with Crippen LogP contribution in [0, 0.1) is 0 Å². The van der Waals surface area contributed by atoms with Crippen LogP contribution in [0.2, 0.25) is 0 Å². The highest BCUT2D eigenvalue weighted by Crippen LogP contribution is 2.13. The van der Waals surface area contributed by atoms with Crippen LogP contribution < -0.4 is 17.0 Å². The molecule has 2 rings (SSSR count). The average Bonchev–Trinajstić information content (AvgIpc) is 3.04. The maximum atomic E-state index is 10.1. The number of unbranched alkanes of at least 4 members (excludes halogenated alkanes) is 8. The topological polar surface area (TPSA) is 29.0 Å². The Kier molecular flexibility index (Phi) is 12.1. The summed E-state index contributed by atoms with van der Waals surface area (Å²) in [6.07, 6.45) is 16.7. The third kappa shape index (κ3) is 8.49. The lowest BCUT2D eigenvalue weighted by Gasteiger charge is -2.08. The summed E-state index contributed by atoms with van der Waals surface area (Å²) in [7, 11) is 0. The minimum Gasteiger partial charge on any atom is -1.00 e. The second-order valence-electron chi connectivity index (χ2n) is 7.45. The van der Waals surface area contributed by atoms with Gasteiger partial charge in [-0.25, -0.2) is 9.13 Å². The molecule has 1 atom stereocenters. The molecule has 1 heterocycles. The molecule has 0 aliphatic rings. The van der Waals surface area contributed by atoms with Gasteiger partial charge in [-0.3, -0.25) is 0 Å². The molecule has 0 aliphatic heterocycles. The zero-order valence-electron chi connectivity index (χ0n) is 17.1. The van der Waals surface area contributed by atoms with Crippen LogP contribution in [0.1, 0.15) is 89.3 Å². The van der Waals surface area contributed by atoms with Gasteiger partial charge in [0, 0.05) is 13.3 Å². The van der Waals surface area contributed by atoms with Crippen molar-refractivity contribution < 1.29 is 22.1 Å². The summed E-state index contributed by atoms with van der Waals surface area (Å²) < 4.78 is 4.29. The molecule has 0 amide bonds. The standard InChI is InChI=1S/C23H37N2O.ClH/c1-3-4-5-6-7-8-9-10-14-17-23-24(18-19-25(23)21(2)26)20-22-15-12-11-13-16-22;/h11-13,15-16,18-19,21,26H,3-10,14,17,20H2,1-2H3;1H/q+1;/p-1. The minimum atomic E-state index is -0.472. The number of aliphatic hydroxyl groups is 1. The normalized spacial score (nSPS) is 12.0. The van der Waals surface area contributed by atoms with Crippen LogP contribution in [0.5, 0.6) is 0 Å². The van der Waals surface area contributed by atoms with E-state index in [1.165, 1.54) is 69.2 Å². The Hall–Kier alpha value is -1.32. The van der Waals surface area contributed by atoms with Crippen molar-refractivity contribution in [3.63, 3.8) is 0 Å². The van der Waals surface area contributed by atoms with E-state index in [2.05, 4.69) is 48.0 Å². The van der Waals surface area contributed by atoms with Crippen molar-refractivity contribution in [2.45, 2.75) is 90.8 Å². The van der Waals surface area contributed by atoms with Gasteiger partial charge in [-0.05, 0) is 12.0 Å². The Morgan fingerprint density at radius 3 is 2.11 bits per heavy atom. The smallest absolute Gasteiger partial charge is 0.258 e. The largest absolute Gasteiger partial charge is 1.00 e. The Balaban J connectivity index is 0.00000364. The lowest BCUT2D eigenvalue weighted by atomic mass is 10.1. The molecule has 2 aromatic rings. The van der Waals surface area contributed by atoms with Crippen LogP contribution >= 0.6 is 0 Å². The van der Waals surface area contributed by atoms with Gasteiger partial charge in [-0.1, -0.05) is 88.6 Å². The lowest BCUT2D eigenvalue weighted by molar-refractivity contribution is -0.695. The first kappa shape index (κ1) is 23.7. The maximum Gasteiger partial charge on any atom is 0.258 e. The number of imidazole rings is 1. The van der Waals surface area contributed by atoms with E-state index in [1.807, 2.05) is 17.7 Å². The molecule has 0 aliphatic carbocycles. The third-order valence-electron chi connectivity index (χ3n) is 5.14. The van der Waals surface area contributed by atoms with E-state index in [-0.39, 0.29) is 12.4 Å². The molecule has 1 N–H and O–H groups in total. The molecule has 27 heavy (non-hydrogen) atoms. The van der Waals surface area contributed by atoms with Crippen molar-refractivity contribution in [3.8, 4) is 0 Å². The van der Waals surface area contributed by atoms with Crippen LogP contribution in [0.25, 0.3) is 0 Å². The minimum absolute atomic E-state index is 0. The van der Waals surface area contributed by atoms with Crippen molar-refractivity contribution >= 4 is 0 Å². The fourth-order valence-electron chi connectivity index (χ4n) is 3.60. The van der Waals surface area contributed by atoms with Gasteiger partial charge in [0.25, 0.3) is 5.82 Å². The van der Waals surface area contributed by atoms with Crippen LogP contribution in [-0.4, -0.2) is 9.67 Å². The quantitative estimate of drug-likeness (QED) is 0.411. The van der Waals surface area contributed by atoms with Crippen molar-refractivity contribution in [2.75, 3.05) is 0 Å². The molecule has 3 nitrogen and oxygen atoms in total. The molecule has 0 radical (unpaired) electrons. The Morgan fingerprint density at radius 1 is 0.926 bits per heavy atom. The van der Waals surface area contributed by atoms with E-state index in [0.717, 1.165) is 13.0 Å². The highest BCUT2D eigenvalue weighted by molar-refractivity contribution is 5.13. The molecule has 1 aromatic carbocycles. The fourth-order valence-corrected chi connectivity index (χ4v) is 3.60. The number of aliphatic hydroxyl groups excluding tert-OH is 1. The third-order valence-corrected chi connectivity index (χ3v) is 5.14. The van der Waals surface area contributed by atoms with Crippen LogP contribution in [-0.2, 0) is 13.0 Å². The molecule has 1 aromatic heterocycles. The molecule has 0 spiro atoms. The number of benzene rings is 1. The van der Waals surface area contributed by atoms with Gasteiger partial charge in [-0.15, -0.1) is 0 Å². The summed E-state index contributed by atoms with van der Waals surface area (Å²) in [5.74, 6) is 1.23. The van der Waals surface area contributed by atoms with Gasteiger partial charge in [0.15, 0.2) is 6.23 Å². The van der Waals surface area contributed by atoms with E-state index >= 15 is 0 Å². The predicted molar refractivity (Wildman–Crippen MR) is 108 cm³/mol. The number of rotatable bonds is 13. The fraction of sp³-hybridized carbons (Fsp3) is 0.609. The lowest BCUT2D eigenvalue weighted by Crippen LogP contribution is -3.00. The van der Waals surface area contributed by atoms with Gasteiger partial charge in [-0.2, -0.15) is 0 Å². The Labute approximate surface area is 171 Å². The van der Waals surface area contributed by atoms with Crippen molar-refractivity contribution in [3.05, 3.63) is 54.1 Å². The predicted octanol–water partition coefficient (Wildman–Crippen LogP) is 2.41. The zero-order valence-corrected chi connectivity index (χ0v) is 17.9. The van der Waals surface area contributed by atoms with Crippen LogP contribution in [0.3, 0.4) is 0 Å². The second kappa shape index (κ2) is 13.8. The molecule has 152 valence electrons. The van der Waals surface area contributed by atoms with Crippen LogP contribution in [0.15, 0.2) is 42.7 Å². The summed E-state index contributed by atoms with van der Waals surface area (Å²) in [5.41, 5.74) is 1.30. The van der Waals surface area contributed by atoms with E-state index in [9.17, 15) is 5.11 Å². The van der Waals surface area contributed by atoms with Crippen molar-refractivity contribution in [2.24, 2.45) is 0 Å². The number of aromatic nitrogens is 2. The van der Waals surface area contributed by atoms with Gasteiger partial charge >= 0.3 is 0 Å². The summed E-state index contributed by atoms with van der Waals surface area (Å²) in [4.78, 5) is 0. The summed E-state index contributed by atoms with van der Waals surface area (Å²) in [5, 5.41) is 10.1. The van der Waals surface area contributed by atoms with E-state index < -0.39 is 6.23 Å². The molecule has 1 unspecified atom stereocenters. The number of nitrogens with zero attached hydrogens (tertiary/aromatic N) is 2. The van der Waals surface area contributed by atoms with E-state index in [1.54, 1.807) is 0 Å². The van der Waals surface area contributed by atoms with E-state index in [0.29, 0.717) is 0 Å². The van der Waals surface area contributed by atoms with Gasteiger partial charge in [0.2, 0.25) is 0 Å². The molecule has 0 fully saturated rings. The zero-order chi connectivity index (χ0) is 18.6. The monoisotopic (exact) mass is 392 g/mol. The molecular weight excluding hydrogens is 356 g/mol. The highest BCUT2D eigenvalue weighted by atomic mass is 35.5. The number of hydrogen-bond acceptors (Lipinski definition) is 1. The first-order chi connectivity index (χ1) is 12.7. The first-order valence-corrected chi connectivity index (χ1v) is 10.5. The van der Waals surface area contributed by atoms with Gasteiger partial charge in [0.05, 0.1) is 0 Å². The summed E-state index contributed by atoms with van der Waals surface area (Å²) in [6, 6.07) is 10.5. The second-order valence-corrected chi connectivity index (χ2v) is 7.45. The average molecular weight is 393 g/mol. The van der Waals surface area contributed by atoms with Crippen LogP contribution in [0.4, 0.5) is 0 Å². The van der Waals surface area contributed by atoms with Crippen molar-refractivity contribution in [1.29, 1.82) is 0 Å².